The van der Waals surface area contributed by atoms with Gasteiger partial charge in [-0.1, -0.05) is 22.9 Å². The van der Waals surface area contributed by atoms with Gasteiger partial charge in [0.2, 0.25) is 0 Å². The summed E-state index contributed by atoms with van der Waals surface area (Å²) in [7, 11) is 1.74. The molecule has 0 N–H and O–H groups in total. The molecule has 5 heteroatoms. The smallest absolute Gasteiger partial charge is 0.199 e. The maximum absolute atomic E-state index is 13.7. The summed E-state index contributed by atoms with van der Waals surface area (Å²) >= 11 is 3.24. The summed E-state index contributed by atoms with van der Waals surface area (Å²) in [5.74, 6) is -0.854. The van der Waals surface area contributed by atoms with E-state index in [4.69, 9.17) is 0 Å². The summed E-state index contributed by atoms with van der Waals surface area (Å²) < 4.78 is 15.9. The minimum atomic E-state index is -0.519. The van der Waals surface area contributed by atoms with Gasteiger partial charge in [-0.15, -0.1) is 0 Å². The Morgan fingerprint density at radius 2 is 2.17 bits per heavy atom. The molecule has 0 bridgehead atoms. The van der Waals surface area contributed by atoms with Crippen molar-refractivity contribution in [1.29, 1.82) is 0 Å². The highest BCUT2D eigenvalue weighted by molar-refractivity contribution is 9.10. The first-order chi connectivity index (χ1) is 8.52. The normalized spacial score (nSPS) is 10.7. The third-order valence-electron chi connectivity index (χ3n) is 2.66. The zero-order valence-corrected chi connectivity index (χ0v) is 11.7. The third kappa shape index (κ3) is 2.36. The van der Waals surface area contributed by atoms with Crippen LogP contribution in [0.25, 0.3) is 0 Å². The average molecular weight is 311 g/mol. The van der Waals surface area contributed by atoms with E-state index < -0.39 is 5.82 Å². The number of carbonyl (C=O) groups is 1. The lowest BCUT2D eigenvalue weighted by Gasteiger charge is -2.02. The van der Waals surface area contributed by atoms with E-state index in [1.807, 2.05) is 6.92 Å². The lowest BCUT2D eigenvalue weighted by atomic mass is 10.0. The van der Waals surface area contributed by atoms with Crippen LogP contribution in [0.2, 0.25) is 0 Å². The molecule has 1 aromatic heterocycles. The average Bonchev–Trinajstić information content (AvgIpc) is 2.72. The molecule has 0 aliphatic heterocycles. The molecular weight excluding hydrogens is 299 g/mol. The predicted molar refractivity (Wildman–Crippen MR) is 70.1 cm³/mol. The minimum absolute atomic E-state index is 0.0621. The van der Waals surface area contributed by atoms with Crippen LogP contribution in [-0.2, 0) is 13.5 Å². The van der Waals surface area contributed by atoms with Crippen LogP contribution in [0.4, 0.5) is 4.39 Å². The molecule has 94 valence electrons. The van der Waals surface area contributed by atoms with Crippen LogP contribution in [-0.4, -0.2) is 15.6 Å². The van der Waals surface area contributed by atoms with E-state index in [0.717, 1.165) is 0 Å². The van der Waals surface area contributed by atoms with Gasteiger partial charge in [0.1, 0.15) is 5.82 Å². The number of aryl methyl sites for hydroxylation is 2. The molecule has 0 spiro atoms. The second-order valence-electron chi connectivity index (χ2n) is 3.97. The van der Waals surface area contributed by atoms with Gasteiger partial charge < -0.3 is 0 Å². The number of nitrogens with zero attached hydrogens (tertiary/aromatic N) is 2. The first-order valence-electron chi connectivity index (χ1n) is 5.55. The molecule has 0 aliphatic rings. The molecule has 18 heavy (non-hydrogen) atoms. The van der Waals surface area contributed by atoms with Crippen LogP contribution in [0.15, 0.2) is 28.9 Å². The summed E-state index contributed by atoms with van der Waals surface area (Å²) in [5, 5.41) is 4.19. The fourth-order valence-corrected chi connectivity index (χ4v) is 2.16. The highest BCUT2D eigenvalue weighted by atomic mass is 79.9. The number of carbonyl (C=O) groups excluding carboxylic acids is 1. The molecule has 1 aromatic carbocycles. The number of aromatic nitrogens is 2. The Morgan fingerprint density at radius 1 is 1.44 bits per heavy atom. The Labute approximate surface area is 113 Å². The number of rotatable bonds is 3. The molecule has 1 heterocycles. The summed E-state index contributed by atoms with van der Waals surface area (Å²) in [6.45, 7) is 1.91. The maximum atomic E-state index is 13.7. The van der Waals surface area contributed by atoms with Gasteiger partial charge in [0, 0.05) is 17.7 Å². The SMILES string of the molecule is CCc1nn(C)cc1C(=O)c1cc(Br)ccc1F. The Kier molecular flexibility index (Phi) is 3.61. The Balaban J connectivity index is 2.50. The Bertz CT molecular complexity index is 607. The standard InChI is InChI=1S/C13H12BrFN2O/c1-3-12-10(7-17(2)16-12)13(18)9-6-8(14)4-5-11(9)15/h4-7H,3H2,1-2H3. The van der Waals surface area contributed by atoms with E-state index in [9.17, 15) is 9.18 Å². The molecule has 0 atom stereocenters. The van der Waals surface area contributed by atoms with Crippen molar-refractivity contribution in [2.45, 2.75) is 13.3 Å². The zero-order valence-electron chi connectivity index (χ0n) is 10.1. The van der Waals surface area contributed by atoms with Crippen molar-refractivity contribution >= 4 is 21.7 Å². The molecule has 0 saturated heterocycles. The summed E-state index contributed by atoms with van der Waals surface area (Å²) in [6, 6.07) is 4.33. The van der Waals surface area contributed by atoms with Crippen molar-refractivity contribution in [3.63, 3.8) is 0 Å². The topological polar surface area (TPSA) is 34.9 Å². The number of hydrogen-bond acceptors (Lipinski definition) is 2. The van der Waals surface area contributed by atoms with E-state index in [0.29, 0.717) is 22.2 Å². The summed E-state index contributed by atoms with van der Waals surface area (Å²) in [4.78, 5) is 12.3. The summed E-state index contributed by atoms with van der Waals surface area (Å²) in [6.07, 6.45) is 2.26. The fourth-order valence-electron chi connectivity index (χ4n) is 1.80. The van der Waals surface area contributed by atoms with Crippen LogP contribution in [0.3, 0.4) is 0 Å². The molecule has 2 aromatic rings. The number of benzene rings is 1. The van der Waals surface area contributed by atoms with Gasteiger partial charge in [0.15, 0.2) is 5.78 Å². The molecule has 0 amide bonds. The second kappa shape index (κ2) is 5.02. The maximum Gasteiger partial charge on any atom is 0.199 e. The first-order valence-corrected chi connectivity index (χ1v) is 6.34. The second-order valence-corrected chi connectivity index (χ2v) is 4.89. The molecular formula is C13H12BrFN2O. The van der Waals surface area contributed by atoms with E-state index in [-0.39, 0.29) is 11.3 Å². The largest absolute Gasteiger partial charge is 0.288 e. The number of hydrogen-bond donors (Lipinski definition) is 0. The van der Waals surface area contributed by atoms with Crippen LogP contribution in [0.1, 0.15) is 28.5 Å². The molecule has 0 aliphatic carbocycles. The molecule has 0 unspecified atom stereocenters. The predicted octanol–water partition coefficient (Wildman–Crippen LogP) is 3.12. The van der Waals surface area contributed by atoms with Crippen molar-refractivity contribution in [3.8, 4) is 0 Å². The van der Waals surface area contributed by atoms with Crippen molar-refractivity contribution in [1.82, 2.24) is 9.78 Å². The van der Waals surface area contributed by atoms with Gasteiger partial charge in [-0.05, 0) is 24.6 Å². The van der Waals surface area contributed by atoms with Crippen LogP contribution < -0.4 is 0 Å². The molecule has 0 saturated carbocycles. The van der Waals surface area contributed by atoms with Crippen molar-refractivity contribution in [2.24, 2.45) is 7.05 Å². The molecule has 2 rings (SSSR count). The van der Waals surface area contributed by atoms with E-state index in [1.165, 1.54) is 12.1 Å². The lowest BCUT2D eigenvalue weighted by Crippen LogP contribution is -2.06. The molecule has 0 fully saturated rings. The van der Waals surface area contributed by atoms with Gasteiger partial charge in [-0.25, -0.2) is 4.39 Å². The van der Waals surface area contributed by atoms with Gasteiger partial charge >= 0.3 is 0 Å². The monoisotopic (exact) mass is 310 g/mol. The van der Waals surface area contributed by atoms with E-state index in [2.05, 4.69) is 21.0 Å². The quantitative estimate of drug-likeness (QED) is 0.816. The lowest BCUT2D eigenvalue weighted by molar-refractivity contribution is 0.103. The Hall–Kier alpha value is -1.49. The van der Waals surface area contributed by atoms with Gasteiger partial charge in [0.05, 0.1) is 16.8 Å². The van der Waals surface area contributed by atoms with Gasteiger partial charge in [-0.2, -0.15) is 5.10 Å². The number of ketones is 1. The fraction of sp³-hybridized carbons (Fsp3) is 0.231. The summed E-state index contributed by atoms with van der Waals surface area (Å²) in [5.41, 5.74) is 1.20. The first kappa shape index (κ1) is 13.0. The van der Waals surface area contributed by atoms with E-state index in [1.54, 1.807) is 24.0 Å². The highest BCUT2D eigenvalue weighted by Crippen LogP contribution is 2.20. The number of halogens is 2. The molecule has 3 nitrogen and oxygen atoms in total. The zero-order chi connectivity index (χ0) is 13.3. The van der Waals surface area contributed by atoms with Crippen molar-refractivity contribution < 1.29 is 9.18 Å². The minimum Gasteiger partial charge on any atom is -0.288 e. The van der Waals surface area contributed by atoms with Crippen molar-refractivity contribution in [3.05, 3.63) is 51.5 Å². The van der Waals surface area contributed by atoms with Gasteiger partial charge in [-0.3, -0.25) is 9.48 Å². The molecule has 0 radical (unpaired) electrons. The van der Waals surface area contributed by atoms with Crippen LogP contribution >= 0.6 is 15.9 Å². The van der Waals surface area contributed by atoms with Crippen molar-refractivity contribution in [2.75, 3.05) is 0 Å². The highest BCUT2D eigenvalue weighted by Gasteiger charge is 2.19. The third-order valence-corrected chi connectivity index (χ3v) is 3.15. The Morgan fingerprint density at radius 3 is 2.83 bits per heavy atom. The van der Waals surface area contributed by atoms with Crippen LogP contribution in [0, 0.1) is 5.82 Å². The van der Waals surface area contributed by atoms with E-state index >= 15 is 0 Å². The van der Waals surface area contributed by atoms with Crippen LogP contribution in [0.5, 0.6) is 0 Å². The van der Waals surface area contributed by atoms with Gasteiger partial charge in [0.25, 0.3) is 0 Å².